The van der Waals surface area contributed by atoms with Crippen LogP contribution in [0.15, 0.2) is 54.2 Å². The Bertz CT molecular complexity index is 632. The topological polar surface area (TPSA) is 9.23 Å². The van der Waals surface area contributed by atoms with Gasteiger partial charge in [0.15, 0.2) is 0 Å². The maximum Gasteiger partial charge on any atom is 0.0723 e. The Morgan fingerprint density at radius 3 is 2.30 bits per heavy atom. The number of benzene rings is 1. The molecule has 1 nitrogen and oxygen atoms in total. The Morgan fingerprint density at radius 1 is 1.11 bits per heavy atom. The number of aryl methyl sites for hydroxylation is 1. The van der Waals surface area contributed by atoms with Gasteiger partial charge in [-0.2, -0.15) is 0 Å². The Balaban J connectivity index is 0.000000230. The van der Waals surface area contributed by atoms with Crippen LogP contribution in [0, 0.1) is 12.8 Å². The number of ether oxygens (including phenoxy) is 1. The summed E-state index contributed by atoms with van der Waals surface area (Å²) in [6.07, 6.45) is 14.9. The Labute approximate surface area is 168 Å². The zero-order chi connectivity index (χ0) is 20.2. The lowest BCUT2D eigenvalue weighted by molar-refractivity contribution is 0.0241. The van der Waals surface area contributed by atoms with E-state index in [1.54, 1.807) is 0 Å². The monoisotopic (exact) mass is 368 g/mol. The van der Waals surface area contributed by atoms with Crippen LogP contribution in [-0.2, 0) is 11.3 Å². The van der Waals surface area contributed by atoms with Crippen LogP contribution in [0.4, 0.5) is 0 Å². The average Bonchev–Trinajstić information content (AvgIpc) is 3.45. The summed E-state index contributed by atoms with van der Waals surface area (Å²) in [5.74, 6) is 1.62. The molecule has 150 valence electrons. The minimum atomic E-state index is 0.357. The van der Waals surface area contributed by atoms with Crippen LogP contribution in [0.1, 0.15) is 83.4 Å². The Morgan fingerprint density at radius 2 is 1.78 bits per heavy atom. The lowest BCUT2D eigenvalue weighted by Crippen LogP contribution is -2.23. The van der Waals surface area contributed by atoms with Crippen molar-refractivity contribution >= 4 is 0 Å². The van der Waals surface area contributed by atoms with Gasteiger partial charge in [-0.25, -0.2) is 0 Å². The summed E-state index contributed by atoms with van der Waals surface area (Å²) < 4.78 is 5.67. The number of allylic oxidation sites excluding steroid dienone is 6. The first-order chi connectivity index (χ1) is 12.9. The van der Waals surface area contributed by atoms with Crippen molar-refractivity contribution in [3.05, 3.63) is 70.8 Å². The highest BCUT2D eigenvalue weighted by molar-refractivity contribution is 5.35. The standard InChI is InChI=1S/C12H16O.C10H16.C4H8/c1-8-4-5-12-9(2)10(3)13-7-11(12)6-8;1-4-7-9-10(6-3)8-5-2;1-4-2-3-4/h4-6,9-10H,7H2,1-3H3;4-5,7-9H,6H2,1-3H3;4H,2-3H2,1H3/b;7-4+,8-5-,10-9-;. The molecule has 27 heavy (non-hydrogen) atoms. The fourth-order valence-electron chi connectivity index (χ4n) is 2.81. The van der Waals surface area contributed by atoms with Crippen LogP contribution in [0.2, 0.25) is 0 Å². The van der Waals surface area contributed by atoms with E-state index in [9.17, 15) is 0 Å². The SMILES string of the molecule is CC1CC1.C\C=C/C(=C\C=C\C)CC.Cc1ccc2c(c1)COC(C)C2C. The third kappa shape index (κ3) is 9.24. The first-order valence-corrected chi connectivity index (χ1v) is 10.6. The summed E-state index contributed by atoms with van der Waals surface area (Å²) in [4.78, 5) is 0. The van der Waals surface area contributed by atoms with Gasteiger partial charge in [-0.1, -0.05) is 87.8 Å². The van der Waals surface area contributed by atoms with Gasteiger partial charge in [-0.15, -0.1) is 0 Å². The molecule has 1 aliphatic carbocycles. The van der Waals surface area contributed by atoms with Gasteiger partial charge in [0.25, 0.3) is 0 Å². The lowest BCUT2D eigenvalue weighted by Gasteiger charge is -2.29. The van der Waals surface area contributed by atoms with E-state index in [0.29, 0.717) is 12.0 Å². The molecular formula is C26H40O. The van der Waals surface area contributed by atoms with Crippen LogP contribution in [0.25, 0.3) is 0 Å². The largest absolute Gasteiger partial charge is 0.373 e. The summed E-state index contributed by atoms with van der Waals surface area (Å²) in [6, 6.07) is 6.67. The second-order valence-electron chi connectivity index (χ2n) is 7.81. The predicted octanol–water partition coefficient (Wildman–Crippen LogP) is 7.91. The highest BCUT2D eigenvalue weighted by Gasteiger charge is 2.22. The van der Waals surface area contributed by atoms with Gasteiger partial charge in [0.2, 0.25) is 0 Å². The fraction of sp³-hybridized carbons (Fsp3) is 0.538. The van der Waals surface area contributed by atoms with E-state index in [0.717, 1.165) is 18.9 Å². The molecule has 0 amide bonds. The van der Waals surface area contributed by atoms with Crippen molar-refractivity contribution in [3.8, 4) is 0 Å². The molecule has 1 saturated carbocycles. The smallest absolute Gasteiger partial charge is 0.0723 e. The van der Waals surface area contributed by atoms with Crippen LogP contribution < -0.4 is 0 Å². The molecule has 2 aliphatic rings. The number of hydrogen-bond donors (Lipinski definition) is 0. The van der Waals surface area contributed by atoms with Gasteiger partial charge < -0.3 is 4.74 Å². The third-order valence-corrected chi connectivity index (χ3v) is 5.15. The van der Waals surface area contributed by atoms with Crippen LogP contribution in [0.3, 0.4) is 0 Å². The van der Waals surface area contributed by atoms with E-state index in [-0.39, 0.29) is 0 Å². The van der Waals surface area contributed by atoms with Crippen molar-refractivity contribution in [2.45, 2.75) is 86.4 Å². The van der Waals surface area contributed by atoms with Gasteiger partial charge in [-0.05, 0) is 56.7 Å². The highest BCUT2D eigenvalue weighted by atomic mass is 16.5. The van der Waals surface area contributed by atoms with E-state index in [1.165, 1.54) is 35.1 Å². The van der Waals surface area contributed by atoms with Crippen LogP contribution in [-0.4, -0.2) is 6.10 Å². The Kier molecular flexibility index (Phi) is 11.0. The van der Waals surface area contributed by atoms with E-state index in [4.69, 9.17) is 4.74 Å². The molecule has 0 saturated heterocycles. The van der Waals surface area contributed by atoms with Gasteiger partial charge in [0.1, 0.15) is 0 Å². The fourth-order valence-corrected chi connectivity index (χ4v) is 2.81. The average molecular weight is 369 g/mol. The molecule has 1 heterocycles. The number of rotatable bonds is 3. The molecule has 1 heteroatoms. The van der Waals surface area contributed by atoms with Crippen LogP contribution >= 0.6 is 0 Å². The number of hydrogen-bond acceptors (Lipinski definition) is 1. The minimum absolute atomic E-state index is 0.357. The van der Waals surface area contributed by atoms with Crippen LogP contribution in [0.5, 0.6) is 0 Å². The maximum atomic E-state index is 5.67. The summed E-state index contributed by atoms with van der Waals surface area (Å²) in [7, 11) is 0. The second kappa shape index (κ2) is 12.7. The van der Waals surface area contributed by atoms with E-state index in [1.807, 2.05) is 19.9 Å². The third-order valence-electron chi connectivity index (χ3n) is 5.15. The number of fused-ring (bicyclic) bond motifs is 1. The van der Waals surface area contributed by atoms with Crippen molar-refractivity contribution in [2.75, 3.05) is 0 Å². The molecule has 1 aromatic rings. The van der Waals surface area contributed by atoms with E-state index in [2.05, 4.69) is 77.1 Å². The van der Waals surface area contributed by atoms with Crippen molar-refractivity contribution in [1.82, 2.24) is 0 Å². The predicted molar refractivity (Wildman–Crippen MR) is 120 cm³/mol. The maximum absolute atomic E-state index is 5.67. The zero-order valence-corrected chi connectivity index (χ0v) is 18.6. The zero-order valence-electron chi connectivity index (χ0n) is 18.6. The van der Waals surface area contributed by atoms with Gasteiger partial charge in [0.05, 0.1) is 12.7 Å². The Hall–Kier alpha value is -1.60. The lowest BCUT2D eigenvalue weighted by atomic mass is 9.89. The van der Waals surface area contributed by atoms with Gasteiger partial charge in [0, 0.05) is 5.92 Å². The summed E-state index contributed by atoms with van der Waals surface area (Å²) >= 11 is 0. The molecule has 0 N–H and O–H groups in total. The van der Waals surface area contributed by atoms with Crippen molar-refractivity contribution in [2.24, 2.45) is 5.92 Å². The molecule has 2 unspecified atom stereocenters. The molecule has 0 radical (unpaired) electrons. The van der Waals surface area contributed by atoms with Crippen molar-refractivity contribution in [3.63, 3.8) is 0 Å². The molecule has 1 aromatic carbocycles. The normalized spacial score (nSPS) is 22.0. The van der Waals surface area contributed by atoms with Gasteiger partial charge >= 0.3 is 0 Å². The quantitative estimate of drug-likeness (QED) is 0.492. The van der Waals surface area contributed by atoms with E-state index >= 15 is 0 Å². The molecule has 0 spiro atoms. The van der Waals surface area contributed by atoms with Gasteiger partial charge in [-0.3, -0.25) is 0 Å². The molecule has 0 bridgehead atoms. The minimum Gasteiger partial charge on any atom is -0.373 e. The second-order valence-corrected chi connectivity index (χ2v) is 7.81. The summed E-state index contributed by atoms with van der Waals surface area (Å²) in [5.41, 5.74) is 5.53. The molecule has 0 aromatic heterocycles. The first kappa shape index (κ1) is 23.4. The summed E-state index contributed by atoms with van der Waals surface area (Å²) in [5, 5.41) is 0. The highest BCUT2D eigenvalue weighted by Crippen LogP contribution is 2.31. The summed E-state index contributed by atoms with van der Waals surface area (Å²) in [6.45, 7) is 15.8. The molecular weight excluding hydrogens is 328 g/mol. The molecule has 1 aliphatic heterocycles. The van der Waals surface area contributed by atoms with E-state index < -0.39 is 0 Å². The van der Waals surface area contributed by atoms with Crippen molar-refractivity contribution < 1.29 is 4.74 Å². The molecule has 3 rings (SSSR count). The molecule has 2 atom stereocenters. The van der Waals surface area contributed by atoms with Crippen molar-refractivity contribution in [1.29, 1.82) is 0 Å². The molecule has 1 fully saturated rings. The first-order valence-electron chi connectivity index (χ1n) is 10.6.